The topological polar surface area (TPSA) is 110 Å². The lowest BCUT2D eigenvalue weighted by Crippen LogP contribution is -2.26. The summed E-state index contributed by atoms with van der Waals surface area (Å²) in [4.78, 5) is 15.9. The zero-order valence-electron chi connectivity index (χ0n) is 9.23. The van der Waals surface area contributed by atoms with Crippen molar-refractivity contribution < 1.29 is 4.79 Å². The maximum Gasteiger partial charge on any atom is 0.275 e. The Kier molecular flexibility index (Phi) is 3.33. The largest absolute Gasteiger partial charge is 0.380 e. The Hall–Kier alpha value is -1.96. The molecule has 0 radical (unpaired) electrons. The third-order valence-corrected chi connectivity index (χ3v) is 3.11. The number of nitrogens with zero attached hydrogens (tertiary/aromatic N) is 3. The van der Waals surface area contributed by atoms with Crippen LogP contribution in [0.5, 0.6) is 0 Å². The summed E-state index contributed by atoms with van der Waals surface area (Å²) in [5, 5.41) is 15.2. The molecule has 0 bridgehead atoms. The Morgan fingerprint density at radius 2 is 2.41 bits per heavy atom. The molecule has 0 unspecified atom stereocenters. The van der Waals surface area contributed by atoms with Crippen LogP contribution in [0, 0.1) is 6.92 Å². The van der Waals surface area contributed by atoms with E-state index < -0.39 is 0 Å². The Labute approximate surface area is 101 Å². The van der Waals surface area contributed by atoms with Crippen molar-refractivity contribution in [1.29, 1.82) is 0 Å². The number of aromatic amines is 1. The van der Waals surface area contributed by atoms with E-state index >= 15 is 0 Å². The Morgan fingerprint density at radius 3 is 3.00 bits per heavy atom. The van der Waals surface area contributed by atoms with Crippen LogP contribution >= 0.6 is 11.3 Å². The summed E-state index contributed by atoms with van der Waals surface area (Å²) in [5.41, 5.74) is 6.57. The summed E-state index contributed by atoms with van der Waals surface area (Å²) < 4.78 is 0. The van der Waals surface area contributed by atoms with Gasteiger partial charge in [0.1, 0.15) is 0 Å². The van der Waals surface area contributed by atoms with Gasteiger partial charge in [0.25, 0.3) is 5.91 Å². The number of amides is 1. The van der Waals surface area contributed by atoms with Crippen LogP contribution in [0.4, 0.5) is 5.82 Å². The van der Waals surface area contributed by atoms with Gasteiger partial charge < -0.3 is 11.1 Å². The van der Waals surface area contributed by atoms with Gasteiger partial charge in [-0.3, -0.25) is 4.79 Å². The maximum absolute atomic E-state index is 11.6. The van der Waals surface area contributed by atoms with E-state index in [-0.39, 0.29) is 17.4 Å². The summed E-state index contributed by atoms with van der Waals surface area (Å²) in [6, 6.07) is 0. The fraction of sp³-hybridized carbons (Fsp3) is 0.333. The summed E-state index contributed by atoms with van der Waals surface area (Å²) >= 11 is 1.58. The zero-order valence-corrected chi connectivity index (χ0v) is 10.0. The monoisotopic (exact) mass is 252 g/mol. The standard InChI is InChI=1S/C9H12N6OS/c1-5-4-17-6(12-5)2-3-11-9(16)7-8(10)14-15-13-7/h4H,2-3H2,1H3,(H,11,16)(H3,10,13,14,15). The Balaban J connectivity index is 1.83. The minimum Gasteiger partial charge on any atom is -0.380 e. The van der Waals surface area contributed by atoms with E-state index in [2.05, 4.69) is 25.7 Å². The molecule has 1 amide bonds. The summed E-state index contributed by atoms with van der Waals surface area (Å²) in [7, 11) is 0. The summed E-state index contributed by atoms with van der Waals surface area (Å²) in [5.74, 6) is -0.225. The van der Waals surface area contributed by atoms with Crippen LogP contribution in [0.1, 0.15) is 21.2 Å². The highest BCUT2D eigenvalue weighted by atomic mass is 32.1. The van der Waals surface area contributed by atoms with Gasteiger partial charge in [0.15, 0.2) is 11.5 Å². The smallest absolute Gasteiger partial charge is 0.275 e. The molecule has 7 nitrogen and oxygen atoms in total. The molecule has 0 spiro atoms. The highest BCUT2D eigenvalue weighted by molar-refractivity contribution is 7.09. The predicted octanol–water partition coefficient (Wildman–Crippen LogP) is 0.124. The molecule has 0 aliphatic heterocycles. The van der Waals surface area contributed by atoms with E-state index in [4.69, 9.17) is 5.73 Å². The van der Waals surface area contributed by atoms with E-state index in [0.717, 1.165) is 10.7 Å². The molecule has 0 aliphatic rings. The molecule has 8 heteroatoms. The van der Waals surface area contributed by atoms with Gasteiger partial charge in [0.05, 0.1) is 5.01 Å². The number of thiazole rings is 1. The van der Waals surface area contributed by atoms with Crippen LogP contribution in [-0.4, -0.2) is 32.8 Å². The molecule has 0 saturated carbocycles. The molecule has 2 aromatic rings. The van der Waals surface area contributed by atoms with E-state index in [0.29, 0.717) is 13.0 Å². The van der Waals surface area contributed by atoms with Gasteiger partial charge in [-0.15, -0.1) is 21.5 Å². The van der Waals surface area contributed by atoms with Crippen molar-refractivity contribution in [3.05, 3.63) is 21.8 Å². The van der Waals surface area contributed by atoms with E-state index in [1.165, 1.54) is 0 Å². The van der Waals surface area contributed by atoms with Crippen LogP contribution in [0.3, 0.4) is 0 Å². The SMILES string of the molecule is Cc1csc(CCNC(=O)c2n[nH]nc2N)n1. The predicted molar refractivity (Wildman–Crippen MR) is 63.7 cm³/mol. The number of carbonyl (C=O) groups is 1. The van der Waals surface area contributed by atoms with Crippen molar-refractivity contribution in [2.45, 2.75) is 13.3 Å². The number of anilines is 1. The molecule has 0 saturated heterocycles. The lowest BCUT2D eigenvalue weighted by molar-refractivity contribution is 0.0950. The number of aryl methyl sites for hydroxylation is 1. The number of carbonyl (C=O) groups excluding carboxylic acids is 1. The van der Waals surface area contributed by atoms with Crippen molar-refractivity contribution in [2.75, 3.05) is 12.3 Å². The first kappa shape index (κ1) is 11.5. The molecule has 90 valence electrons. The average Bonchev–Trinajstić information content (AvgIpc) is 2.87. The van der Waals surface area contributed by atoms with Crippen LogP contribution in [0.2, 0.25) is 0 Å². The number of rotatable bonds is 4. The van der Waals surface area contributed by atoms with Crippen molar-refractivity contribution in [3.8, 4) is 0 Å². The Bertz CT molecular complexity index is 519. The molecular formula is C9H12N6OS. The van der Waals surface area contributed by atoms with Crippen LogP contribution in [-0.2, 0) is 6.42 Å². The number of nitrogens with one attached hydrogen (secondary N) is 2. The Morgan fingerprint density at radius 1 is 1.59 bits per heavy atom. The molecule has 0 aromatic carbocycles. The van der Waals surface area contributed by atoms with Gasteiger partial charge in [-0.25, -0.2) is 4.98 Å². The van der Waals surface area contributed by atoms with Crippen molar-refractivity contribution >= 4 is 23.1 Å². The van der Waals surface area contributed by atoms with E-state index in [9.17, 15) is 4.79 Å². The van der Waals surface area contributed by atoms with Crippen LogP contribution in [0.15, 0.2) is 5.38 Å². The molecule has 2 heterocycles. The quantitative estimate of drug-likeness (QED) is 0.716. The molecule has 0 fully saturated rings. The first-order chi connectivity index (χ1) is 8.16. The molecule has 4 N–H and O–H groups in total. The second-order valence-electron chi connectivity index (χ2n) is 3.45. The second kappa shape index (κ2) is 4.91. The fourth-order valence-corrected chi connectivity index (χ4v) is 2.07. The number of nitrogens with two attached hydrogens (primary N) is 1. The third-order valence-electron chi connectivity index (χ3n) is 2.08. The van der Waals surface area contributed by atoms with Crippen molar-refractivity contribution in [1.82, 2.24) is 25.7 Å². The van der Waals surface area contributed by atoms with Crippen molar-refractivity contribution in [2.24, 2.45) is 0 Å². The lowest BCUT2D eigenvalue weighted by Gasteiger charge is -2.00. The zero-order chi connectivity index (χ0) is 12.3. The highest BCUT2D eigenvalue weighted by Gasteiger charge is 2.13. The lowest BCUT2D eigenvalue weighted by atomic mass is 10.3. The maximum atomic E-state index is 11.6. The average molecular weight is 252 g/mol. The van der Waals surface area contributed by atoms with Gasteiger partial charge in [-0.2, -0.15) is 5.21 Å². The first-order valence-electron chi connectivity index (χ1n) is 5.02. The molecule has 17 heavy (non-hydrogen) atoms. The third kappa shape index (κ3) is 2.78. The number of hydrogen-bond acceptors (Lipinski definition) is 6. The highest BCUT2D eigenvalue weighted by Crippen LogP contribution is 2.08. The number of hydrogen-bond donors (Lipinski definition) is 3. The van der Waals surface area contributed by atoms with Gasteiger partial charge in [0.2, 0.25) is 0 Å². The van der Waals surface area contributed by atoms with Gasteiger partial charge in [-0.05, 0) is 6.92 Å². The fourth-order valence-electron chi connectivity index (χ4n) is 1.29. The molecule has 0 aliphatic carbocycles. The molecular weight excluding hydrogens is 240 g/mol. The number of H-pyrrole nitrogens is 1. The molecule has 2 rings (SSSR count). The van der Waals surface area contributed by atoms with Crippen LogP contribution in [0.25, 0.3) is 0 Å². The minimum absolute atomic E-state index is 0.104. The number of nitrogen functional groups attached to an aromatic ring is 1. The number of aromatic nitrogens is 4. The second-order valence-corrected chi connectivity index (χ2v) is 4.39. The summed E-state index contributed by atoms with van der Waals surface area (Å²) in [6.45, 7) is 2.44. The van der Waals surface area contributed by atoms with Gasteiger partial charge in [-0.1, -0.05) is 0 Å². The van der Waals surface area contributed by atoms with E-state index in [1.54, 1.807) is 11.3 Å². The summed E-state index contributed by atoms with van der Waals surface area (Å²) in [6.07, 6.45) is 0.696. The van der Waals surface area contributed by atoms with Crippen molar-refractivity contribution in [3.63, 3.8) is 0 Å². The normalized spacial score (nSPS) is 10.4. The van der Waals surface area contributed by atoms with Crippen LogP contribution < -0.4 is 11.1 Å². The molecule has 2 aromatic heterocycles. The van der Waals surface area contributed by atoms with Gasteiger partial charge in [0, 0.05) is 24.0 Å². The van der Waals surface area contributed by atoms with Gasteiger partial charge >= 0.3 is 0 Å². The van der Waals surface area contributed by atoms with E-state index in [1.807, 2.05) is 12.3 Å². The first-order valence-corrected chi connectivity index (χ1v) is 5.90. The molecule has 0 atom stereocenters. The minimum atomic E-state index is -0.329.